The van der Waals surface area contributed by atoms with E-state index >= 15 is 0 Å². The van der Waals surface area contributed by atoms with E-state index in [9.17, 15) is 0 Å². The second-order valence-corrected chi connectivity index (χ2v) is 21.6. The highest BCUT2D eigenvalue weighted by molar-refractivity contribution is 7.25. The van der Waals surface area contributed by atoms with Crippen LogP contribution in [0.3, 0.4) is 0 Å². The van der Waals surface area contributed by atoms with Gasteiger partial charge in [-0.15, -0.1) is 11.3 Å². The fourth-order valence-electron chi connectivity index (χ4n) is 8.11. The quantitative estimate of drug-likeness (QED) is 0.165. The van der Waals surface area contributed by atoms with E-state index in [-0.39, 0.29) is 21.7 Å². The van der Waals surface area contributed by atoms with E-state index in [1.807, 2.05) is 11.3 Å². The molecule has 0 unspecified atom stereocenters. The summed E-state index contributed by atoms with van der Waals surface area (Å²) in [6, 6.07) is 55.2. The van der Waals surface area contributed by atoms with Gasteiger partial charge in [-0.25, -0.2) is 0 Å². The first-order chi connectivity index (χ1) is 27.7. The largest absolute Gasteiger partial charge is 0.310 e. The number of rotatable bonds is 6. The van der Waals surface area contributed by atoms with Gasteiger partial charge in [0.25, 0.3) is 0 Å². The molecule has 0 saturated carbocycles. The maximum absolute atomic E-state index is 2.40. The second-order valence-electron chi connectivity index (χ2n) is 20.5. The van der Waals surface area contributed by atoms with E-state index in [4.69, 9.17) is 0 Å². The van der Waals surface area contributed by atoms with Crippen LogP contribution in [-0.4, -0.2) is 0 Å². The van der Waals surface area contributed by atoms with Gasteiger partial charge in [0.1, 0.15) is 0 Å². The molecule has 0 bridgehead atoms. The van der Waals surface area contributed by atoms with Crippen LogP contribution in [-0.2, 0) is 21.7 Å². The first-order valence-electron chi connectivity index (χ1n) is 21.2. The highest BCUT2D eigenvalue weighted by atomic mass is 32.1. The summed E-state index contributed by atoms with van der Waals surface area (Å²) in [6.45, 7) is 27.3. The summed E-state index contributed by atoms with van der Waals surface area (Å²) in [5, 5.41) is 5.09. The van der Waals surface area contributed by atoms with E-state index in [1.54, 1.807) is 0 Å². The molecule has 300 valence electrons. The monoisotopic (exact) mass is 792 g/mol. The van der Waals surface area contributed by atoms with Gasteiger partial charge >= 0.3 is 0 Å². The van der Waals surface area contributed by atoms with Crippen LogP contribution in [0.25, 0.3) is 30.9 Å². The Morgan fingerprint density at radius 1 is 0.288 bits per heavy atom. The van der Waals surface area contributed by atoms with Gasteiger partial charge in [0.05, 0.1) is 0 Å². The van der Waals surface area contributed by atoms with Crippen molar-refractivity contribution in [3.8, 4) is 0 Å². The summed E-state index contributed by atoms with van der Waals surface area (Å²) in [4.78, 5) is 4.80. The molecule has 0 spiro atoms. The Kier molecular flexibility index (Phi) is 10.1. The topological polar surface area (TPSA) is 6.48 Å². The fourth-order valence-corrected chi connectivity index (χ4v) is 9.28. The van der Waals surface area contributed by atoms with E-state index in [2.05, 4.69) is 238 Å². The molecular formula is C56H60N2S. The van der Waals surface area contributed by atoms with E-state index < -0.39 is 0 Å². The summed E-state index contributed by atoms with van der Waals surface area (Å²) in [6.07, 6.45) is 0. The number of benzene rings is 7. The standard InChI is InChI=1S/C56H60N2S/c1-53(2,3)39-14-23-43(24-15-39)57(44-25-16-40(17-26-44)54(4,5)6)47-22-13-37-34-50-49-32-31-48(36-52(49)59-51(50)35-38(37)33-47)58(45-27-18-41(19-28-45)55(7,8)9)46-29-20-42(21-30-46)56(10,11)12/h13-36H,1-12H3. The van der Waals surface area contributed by atoms with Crippen molar-refractivity contribution in [3.05, 3.63) is 168 Å². The summed E-state index contributed by atoms with van der Waals surface area (Å²) in [5.41, 5.74) is 12.6. The number of hydrogen-bond donors (Lipinski definition) is 0. The molecule has 0 atom stereocenters. The average molecular weight is 793 g/mol. The van der Waals surface area contributed by atoms with Crippen molar-refractivity contribution < 1.29 is 0 Å². The molecule has 0 radical (unpaired) electrons. The van der Waals surface area contributed by atoms with Crippen LogP contribution < -0.4 is 9.80 Å². The molecule has 2 nitrogen and oxygen atoms in total. The maximum Gasteiger partial charge on any atom is 0.0476 e. The lowest BCUT2D eigenvalue weighted by atomic mass is 9.86. The normalized spacial score (nSPS) is 12.7. The van der Waals surface area contributed by atoms with Crippen molar-refractivity contribution in [1.82, 2.24) is 0 Å². The minimum absolute atomic E-state index is 0.0880. The van der Waals surface area contributed by atoms with Crippen molar-refractivity contribution in [2.24, 2.45) is 0 Å². The van der Waals surface area contributed by atoms with Gasteiger partial charge in [-0.05, 0) is 140 Å². The Morgan fingerprint density at radius 2 is 0.610 bits per heavy atom. The number of anilines is 6. The third-order valence-corrected chi connectivity index (χ3v) is 13.0. The lowest BCUT2D eigenvalue weighted by Gasteiger charge is -2.28. The Morgan fingerprint density at radius 3 is 0.983 bits per heavy atom. The molecular weight excluding hydrogens is 733 g/mol. The number of hydrogen-bond acceptors (Lipinski definition) is 3. The molecule has 7 aromatic carbocycles. The molecule has 59 heavy (non-hydrogen) atoms. The van der Waals surface area contributed by atoms with Crippen LogP contribution in [0, 0.1) is 0 Å². The lowest BCUT2D eigenvalue weighted by Crippen LogP contribution is -2.14. The van der Waals surface area contributed by atoms with Crippen LogP contribution in [0.1, 0.15) is 105 Å². The summed E-state index contributed by atoms with van der Waals surface area (Å²) in [7, 11) is 0. The summed E-state index contributed by atoms with van der Waals surface area (Å²) < 4.78 is 2.59. The van der Waals surface area contributed by atoms with Gasteiger partial charge in [0.15, 0.2) is 0 Å². The average Bonchev–Trinajstić information content (AvgIpc) is 3.53. The molecule has 0 amide bonds. The minimum Gasteiger partial charge on any atom is -0.310 e. The zero-order chi connectivity index (χ0) is 42.1. The van der Waals surface area contributed by atoms with E-state index in [0.29, 0.717) is 0 Å². The van der Waals surface area contributed by atoms with Gasteiger partial charge in [-0.1, -0.05) is 144 Å². The SMILES string of the molecule is CC(C)(C)c1ccc(N(c2ccc(C(C)(C)C)cc2)c2ccc3cc4c(cc3c2)sc2cc(N(c3ccc(C(C)(C)C)cc3)c3ccc(C(C)(C)C)cc3)ccc24)cc1. The van der Waals surface area contributed by atoms with Gasteiger partial charge in [0.2, 0.25) is 0 Å². The molecule has 0 aliphatic heterocycles. The molecule has 3 heteroatoms. The maximum atomic E-state index is 2.40. The van der Waals surface area contributed by atoms with Gasteiger partial charge in [0, 0.05) is 54.3 Å². The molecule has 0 fully saturated rings. The van der Waals surface area contributed by atoms with Crippen molar-refractivity contribution in [1.29, 1.82) is 0 Å². The Labute approximate surface area is 357 Å². The second kappa shape index (κ2) is 14.7. The highest BCUT2D eigenvalue weighted by Gasteiger charge is 2.22. The third kappa shape index (κ3) is 8.15. The Hall–Kier alpha value is -5.38. The molecule has 0 aliphatic carbocycles. The predicted octanol–water partition coefficient (Wildman–Crippen LogP) is 17.3. The Balaban J connectivity index is 1.22. The smallest absolute Gasteiger partial charge is 0.0476 e. The highest BCUT2D eigenvalue weighted by Crippen LogP contribution is 2.44. The van der Waals surface area contributed by atoms with Crippen molar-refractivity contribution in [2.75, 3.05) is 9.80 Å². The van der Waals surface area contributed by atoms with Gasteiger partial charge in [-0.2, -0.15) is 0 Å². The van der Waals surface area contributed by atoms with Crippen LogP contribution in [0.2, 0.25) is 0 Å². The first kappa shape index (κ1) is 40.4. The Bertz CT molecular complexity index is 2520. The zero-order valence-corrected chi connectivity index (χ0v) is 38.0. The van der Waals surface area contributed by atoms with Gasteiger partial charge in [-0.3, -0.25) is 0 Å². The van der Waals surface area contributed by atoms with Crippen LogP contribution in [0.5, 0.6) is 0 Å². The third-order valence-electron chi connectivity index (χ3n) is 11.9. The van der Waals surface area contributed by atoms with Crippen molar-refractivity contribution >= 4 is 76.4 Å². The molecule has 8 rings (SSSR count). The van der Waals surface area contributed by atoms with E-state index in [0.717, 1.165) is 34.1 Å². The molecule has 0 saturated heterocycles. The predicted molar refractivity (Wildman–Crippen MR) is 261 cm³/mol. The van der Waals surface area contributed by atoms with Crippen molar-refractivity contribution in [3.63, 3.8) is 0 Å². The summed E-state index contributed by atoms with van der Waals surface area (Å²) >= 11 is 1.88. The zero-order valence-electron chi connectivity index (χ0n) is 37.2. The summed E-state index contributed by atoms with van der Waals surface area (Å²) in [5.74, 6) is 0. The molecule has 0 N–H and O–H groups in total. The molecule has 8 aromatic rings. The minimum atomic E-state index is 0.0880. The van der Waals surface area contributed by atoms with Crippen molar-refractivity contribution in [2.45, 2.75) is 105 Å². The van der Waals surface area contributed by atoms with Crippen LogP contribution >= 0.6 is 11.3 Å². The first-order valence-corrected chi connectivity index (χ1v) is 22.0. The molecule has 1 aromatic heterocycles. The molecule has 1 heterocycles. The molecule has 0 aliphatic rings. The van der Waals surface area contributed by atoms with Crippen LogP contribution in [0.15, 0.2) is 146 Å². The lowest BCUT2D eigenvalue weighted by molar-refractivity contribution is 0.590. The number of thiophene rings is 1. The van der Waals surface area contributed by atoms with E-state index in [1.165, 1.54) is 53.2 Å². The van der Waals surface area contributed by atoms with Gasteiger partial charge < -0.3 is 9.80 Å². The fraction of sp³-hybridized carbons (Fsp3) is 0.286. The number of nitrogens with zero attached hydrogens (tertiary/aromatic N) is 2. The van der Waals surface area contributed by atoms with Crippen LogP contribution in [0.4, 0.5) is 34.1 Å². The number of fused-ring (bicyclic) bond motifs is 4.